The van der Waals surface area contributed by atoms with Crippen molar-refractivity contribution < 1.29 is 14.3 Å². The second-order valence-electron chi connectivity index (χ2n) is 3.05. The van der Waals surface area contributed by atoms with Crippen molar-refractivity contribution in [3.8, 4) is 0 Å². The fourth-order valence-electron chi connectivity index (χ4n) is 1.26. The summed E-state index contributed by atoms with van der Waals surface area (Å²) in [5.74, 6) is 1.08. The molecule has 6 heteroatoms. The number of carboxylic acid groups (broad SMARTS) is 1. The molecule has 14 heavy (non-hydrogen) atoms. The van der Waals surface area contributed by atoms with E-state index in [4.69, 9.17) is 9.52 Å². The van der Waals surface area contributed by atoms with Gasteiger partial charge in [-0.25, -0.2) is 4.79 Å². The number of anilines is 1. The normalized spacial score (nSPS) is 21.0. The molecule has 0 amide bonds. The van der Waals surface area contributed by atoms with Gasteiger partial charge in [-0.2, -0.15) is 16.7 Å². The number of thioether (sulfide) groups is 1. The van der Waals surface area contributed by atoms with Crippen LogP contribution in [-0.2, 0) is 0 Å². The molecular formula is C8H10N2O3S. The summed E-state index contributed by atoms with van der Waals surface area (Å²) in [6, 6.07) is 0.648. The topological polar surface area (TPSA) is 75.4 Å². The average molecular weight is 214 g/mol. The Morgan fingerprint density at radius 2 is 2.64 bits per heavy atom. The van der Waals surface area contributed by atoms with E-state index in [2.05, 4.69) is 10.3 Å². The number of rotatable bonds is 3. The molecule has 1 fully saturated rings. The van der Waals surface area contributed by atoms with Crippen LogP contribution >= 0.6 is 11.8 Å². The maximum Gasteiger partial charge on any atom is 0.357 e. The highest BCUT2D eigenvalue weighted by molar-refractivity contribution is 7.99. The van der Waals surface area contributed by atoms with Crippen LogP contribution < -0.4 is 5.32 Å². The lowest BCUT2D eigenvalue weighted by atomic mass is 10.3. The Morgan fingerprint density at radius 1 is 1.79 bits per heavy atom. The van der Waals surface area contributed by atoms with E-state index in [1.807, 2.05) is 11.8 Å². The van der Waals surface area contributed by atoms with Crippen LogP contribution in [0.1, 0.15) is 16.9 Å². The first-order valence-electron chi connectivity index (χ1n) is 4.29. The lowest BCUT2D eigenvalue weighted by molar-refractivity contribution is 0.0690. The molecule has 2 heterocycles. The van der Waals surface area contributed by atoms with Gasteiger partial charge < -0.3 is 14.8 Å². The minimum atomic E-state index is -1.07. The Bertz CT molecular complexity index is 333. The molecule has 1 aromatic heterocycles. The molecule has 2 rings (SSSR count). The number of nitrogens with one attached hydrogen (secondary N) is 1. The molecular weight excluding hydrogens is 204 g/mol. The van der Waals surface area contributed by atoms with E-state index in [1.165, 1.54) is 0 Å². The van der Waals surface area contributed by atoms with Crippen molar-refractivity contribution in [3.05, 3.63) is 12.0 Å². The largest absolute Gasteiger partial charge is 0.476 e. The summed E-state index contributed by atoms with van der Waals surface area (Å²) in [6.45, 7) is 0. The van der Waals surface area contributed by atoms with E-state index >= 15 is 0 Å². The molecule has 5 nitrogen and oxygen atoms in total. The molecule has 1 aromatic rings. The number of aromatic nitrogens is 1. The van der Waals surface area contributed by atoms with E-state index in [0.717, 1.165) is 24.2 Å². The Morgan fingerprint density at radius 3 is 3.21 bits per heavy atom. The van der Waals surface area contributed by atoms with Crippen LogP contribution in [-0.4, -0.2) is 33.6 Å². The van der Waals surface area contributed by atoms with Crippen LogP contribution in [0.25, 0.3) is 0 Å². The number of carboxylic acids is 1. The van der Waals surface area contributed by atoms with Crippen LogP contribution in [0.15, 0.2) is 10.7 Å². The highest BCUT2D eigenvalue weighted by Gasteiger charge is 2.18. The third kappa shape index (κ3) is 2.01. The number of aromatic carboxylic acids is 1. The van der Waals surface area contributed by atoms with Gasteiger partial charge in [0.2, 0.25) is 0 Å². The van der Waals surface area contributed by atoms with Gasteiger partial charge in [0.25, 0.3) is 6.01 Å². The van der Waals surface area contributed by atoms with Gasteiger partial charge in [-0.05, 0) is 12.2 Å². The monoisotopic (exact) mass is 214 g/mol. The van der Waals surface area contributed by atoms with Gasteiger partial charge >= 0.3 is 5.97 Å². The summed E-state index contributed by atoms with van der Waals surface area (Å²) in [6.07, 6.45) is 2.21. The maximum absolute atomic E-state index is 10.5. The molecule has 0 bridgehead atoms. The van der Waals surface area contributed by atoms with Gasteiger partial charge in [0.1, 0.15) is 6.26 Å². The highest BCUT2D eigenvalue weighted by Crippen LogP contribution is 2.20. The summed E-state index contributed by atoms with van der Waals surface area (Å²) < 4.78 is 4.98. The number of hydrogen-bond donors (Lipinski definition) is 2. The van der Waals surface area contributed by atoms with Crippen molar-refractivity contribution in [2.24, 2.45) is 0 Å². The van der Waals surface area contributed by atoms with E-state index in [0.29, 0.717) is 12.1 Å². The fraction of sp³-hybridized carbons (Fsp3) is 0.500. The van der Waals surface area contributed by atoms with Crippen LogP contribution in [0.5, 0.6) is 0 Å². The summed E-state index contributed by atoms with van der Waals surface area (Å²) >= 11 is 1.87. The van der Waals surface area contributed by atoms with E-state index in [-0.39, 0.29) is 5.69 Å². The van der Waals surface area contributed by atoms with Crippen molar-refractivity contribution in [1.82, 2.24) is 4.98 Å². The third-order valence-electron chi connectivity index (χ3n) is 1.98. The van der Waals surface area contributed by atoms with Crippen LogP contribution in [0.4, 0.5) is 6.01 Å². The van der Waals surface area contributed by atoms with Crippen LogP contribution in [0.3, 0.4) is 0 Å². The summed E-state index contributed by atoms with van der Waals surface area (Å²) in [5, 5.41) is 11.7. The number of carbonyl (C=O) groups is 1. The van der Waals surface area contributed by atoms with Crippen molar-refractivity contribution in [1.29, 1.82) is 0 Å². The molecule has 0 spiro atoms. The van der Waals surface area contributed by atoms with Gasteiger partial charge in [-0.15, -0.1) is 0 Å². The zero-order valence-electron chi connectivity index (χ0n) is 7.40. The Labute approximate surface area is 84.9 Å². The average Bonchev–Trinajstić information content (AvgIpc) is 2.75. The maximum atomic E-state index is 10.5. The second kappa shape index (κ2) is 3.91. The molecule has 1 unspecified atom stereocenters. The predicted octanol–water partition coefficient (Wildman–Crippen LogP) is 1.29. The Balaban J connectivity index is 1.98. The van der Waals surface area contributed by atoms with E-state index < -0.39 is 5.97 Å². The lowest BCUT2D eigenvalue weighted by Crippen LogP contribution is -2.18. The quantitative estimate of drug-likeness (QED) is 0.789. The number of oxazole rings is 1. The molecule has 76 valence electrons. The lowest BCUT2D eigenvalue weighted by Gasteiger charge is -2.07. The minimum absolute atomic E-state index is 0.0573. The molecule has 0 saturated carbocycles. The molecule has 1 aliphatic heterocycles. The predicted molar refractivity (Wildman–Crippen MR) is 52.8 cm³/mol. The molecule has 0 radical (unpaired) electrons. The van der Waals surface area contributed by atoms with Crippen molar-refractivity contribution in [3.63, 3.8) is 0 Å². The molecule has 0 aromatic carbocycles. The SMILES string of the molecule is O=C(O)c1coc(NC2CCSC2)n1. The van der Waals surface area contributed by atoms with E-state index in [1.54, 1.807) is 0 Å². The van der Waals surface area contributed by atoms with Crippen molar-refractivity contribution in [2.45, 2.75) is 12.5 Å². The van der Waals surface area contributed by atoms with Gasteiger partial charge in [-0.3, -0.25) is 0 Å². The summed E-state index contributed by atoms with van der Waals surface area (Å²) in [7, 11) is 0. The van der Waals surface area contributed by atoms with Gasteiger partial charge in [-0.1, -0.05) is 0 Å². The standard InChI is InChI=1S/C8H10N2O3S/c11-7(12)6-3-13-8(10-6)9-5-1-2-14-4-5/h3,5H,1-2,4H2,(H,9,10)(H,11,12). The van der Waals surface area contributed by atoms with E-state index in [9.17, 15) is 4.79 Å². The van der Waals surface area contributed by atoms with Gasteiger partial charge in [0.15, 0.2) is 5.69 Å². The molecule has 2 N–H and O–H groups in total. The summed E-state index contributed by atoms with van der Waals surface area (Å²) in [4.78, 5) is 14.3. The summed E-state index contributed by atoms with van der Waals surface area (Å²) in [5.41, 5.74) is -0.0573. The molecule has 1 aliphatic rings. The second-order valence-corrected chi connectivity index (χ2v) is 4.20. The zero-order valence-corrected chi connectivity index (χ0v) is 8.21. The minimum Gasteiger partial charge on any atom is -0.476 e. The first kappa shape index (κ1) is 9.39. The van der Waals surface area contributed by atoms with Gasteiger partial charge in [0, 0.05) is 11.8 Å². The van der Waals surface area contributed by atoms with Gasteiger partial charge in [0.05, 0.1) is 0 Å². The fourth-order valence-corrected chi connectivity index (χ4v) is 2.41. The molecule has 1 atom stereocenters. The Kier molecular flexibility index (Phi) is 2.62. The first-order chi connectivity index (χ1) is 6.75. The Hall–Kier alpha value is -1.17. The molecule has 1 saturated heterocycles. The van der Waals surface area contributed by atoms with Crippen molar-refractivity contribution >= 4 is 23.7 Å². The number of hydrogen-bond acceptors (Lipinski definition) is 5. The van der Waals surface area contributed by atoms with Crippen LogP contribution in [0, 0.1) is 0 Å². The van der Waals surface area contributed by atoms with Crippen LogP contribution in [0.2, 0.25) is 0 Å². The first-order valence-corrected chi connectivity index (χ1v) is 5.44. The third-order valence-corrected chi connectivity index (χ3v) is 3.14. The smallest absolute Gasteiger partial charge is 0.357 e. The molecule has 0 aliphatic carbocycles. The zero-order chi connectivity index (χ0) is 9.97. The van der Waals surface area contributed by atoms with Crippen molar-refractivity contribution in [2.75, 3.05) is 16.8 Å². The number of nitrogens with zero attached hydrogens (tertiary/aromatic N) is 1. The highest BCUT2D eigenvalue weighted by atomic mass is 32.2.